The van der Waals surface area contributed by atoms with Gasteiger partial charge in [0.05, 0.1) is 17.1 Å². The Balaban J connectivity index is 1.66. The molecule has 1 fully saturated rings. The van der Waals surface area contributed by atoms with E-state index in [-0.39, 0.29) is 27.6 Å². The summed E-state index contributed by atoms with van der Waals surface area (Å²) in [5.74, 6) is -1.19. The van der Waals surface area contributed by atoms with Gasteiger partial charge in [0.15, 0.2) is 0 Å². The number of sulfonamides is 1. The number of nitrogens with zero attached hydrogens (tertiary/aromatic N) is 1. The van der Waals surface area contributed by atoms with Gasteiger partial charge in [-0.05, 0) is 55.0 Å². The van der Waals surface area contributed by atoms with Crippen LogP contribution in [-0.4, -0.2) is 50.3 Å². The molecule has 0 unspecified atom stereocenters. The SMILES string of the molecule is CCCOC(=O)NC(=O)c1ccsc1NC(=O)c1ccc(S(=O)(=O)N2CCCCC2)cc1. The number of imide groups is 1. The molecular weight excluding hydrogens is 454 g/mol. The van der Waals surface area contributed by atoms with E-state index in [4.69, 9.17) is 4.74 Å². The summed E-state index contributed by atoms with van der Waals surface area (Å²) in [6, 6.07) is 7.16. The summed E-state index contributed by atoms with van der Waals surface area (Å²) in [6.07, 6.45) is 2.47. The van der Waals surface area contributed by atoms with Crippen molar-refractivity contribution in [3.05, 3.63) is 46.8 Å². The summed E-state index contributed by atoms with van der Waals surface area (Å²) in [5, 5.41) is 6.61. The first-order chi connectivity index (χ1) is 15.3. The van der Waals surface area contributed by atoms with Crippen LogP contribution >= 0.6 is 11.3 Å². The average Bonchev–Trinajstić information content (AvgIpc) is 3.26. The minimum Gasteiger partial charge on any atom is -0.449 e. The van der Waals surface area contributed by atoms with Crippen LogP contribution in [0.4, 0.5) is 9.80 Å². The lowest BCUT2D eigenvalue weighted by Gasteiger charge is -2.25. The molecule has 0 bridgehead atoms. The second-order valence-corrected chi connectivity index (χ2v) is 10.1. The number of benzene rings is 1. The van der Waals surface area contributed by atoms with E-state index in [9.17, 15) is 22.8 Å². The highest BCUT2D eigenvalue weighted by Gasteiger charge is 2.26. The maximum atomic E-state index is 12.7. The third kappa shape index (κ3) is 5.72. The molecule has 0 saturated carbocycles. The Kier molecular flexibility index (Phi) is 7.99. The molecule has 1 saturated heterocycles. The second-order valence-electron chi connectivity index (χ2n) is 7.20. The first-order valence-corrected chi connectivity index (χ1v) is 12.6. The van der Waals surface area contributed by atoms with Gasteiger partial charge in [0.25, 0.3) is 11.8 Å². The summed E-state index contributed by atoms with van der Waals surface area (Å²) in [4.78, 5) is 36.7. The number of amides is 3. The van der Waals surface area contributed by atoms with Gasteiger partial charge in [-0.3, -0.25) is 14.9 Å². The Morgan fingerprint density at radius 1 is 1.03 bits per heavy atom. The van der Waals surface area contributed by atoms with Crippen LogP contribution in [0, 0.1) is 0 Å². The number of hydrogen-bond acceptors (Lipinski definition) is 7. The fraction of sp³-hybridized carbons (Fsp3) is 0.381. The topological polar surface area (TPSA) is 122 Å². The minimum absolute atomic E-state index is 0.126. The number of hydrogen-bond donors (Lipinski definition) is 2. The van der Waals surface area contributed by atoms with Crippen molar-refractivity contribution in [3.8, 4) is 0 Å². The predicted octanol–water partition coefficient (Wildman–Crippen LogP) is 3.45. The molecule has 1 aromatic carbocycles. The van der Waals surface area contributed by atoms with Crippen LogP contribution in [0.5, 0.6) is 0 Å². The van der Waals surface area contributed by atoms with Gasteiger partial charge in [-0.25, -0.2) is 13.2 Å². The first kappa shape index (κ1) is 23.9. The van der Waals surface area contributed by atoms with Crippen molar-refractivity contribution in [2.75, 3.05) is 25.0 Å². The summed E-state index contributed by atoms with van der Waals surface area (Å²) in [7, 11) is -3.58. The van der Waals surface area contributed by atoms with Crippen molar-refractivity contribution in [1.29, 1.82) is 0 Å². The molecule has 11 heteroatoms. The maximum absolute atomic E-state index is 12.7. The molecule has 3 rings (SSSR count). The average molecular weight is 480 g/mol. The van der Waals surface area contributed by atoms with E-state index in [0.29, 0.717) is 19.5 Å². The van der Waals surface area contributed by atoms with Crippen molar-refractivity contribution in [2.24, 2.45) is 0 Å². The van der Waals surface area contributed by atoms with Gasteiger partial charge in [0, 0.05) is 18.7 Å². The summed E-state index contributed by atoms with van der Waals surface area (Å²) >= 11 is 1.12. The number of rotatable bonds is 7. The van der Waals surface area contributed by atoms with E-state index in [1.807, 2.05) is 6.92 Å². The predicted molar refractivity (Wildman–Crippen MR) is 120 cm³/mol. The van der Waals surface area contributed by atoms with Crippen molar-refractivity contribution >= 4 is 44.3 Å². The van der Waals surface area contributed by atoms with Gasteiger partial charge in [-0.1, -0.05) is 13.3 Å². The van der Waals surface area contributed by atoms with Gasteiger partial charge in [0.2, 0.25) is 10.0 Å². The van der Waals surface area contributed by atoms with Crippen LogP contribution in [0.2, 0.25) is 0 Å². The number of thiophene rings is 1. The molecule has 1 aromatic heterocycles. The molecule has 172 valence electrons. The lowest BCUT2D eigenvalue weighted by atomic mass is 10.2. The van der Waals surface area contributed by atoms with Crippen molar-refractivity contribution in [2.45, 2.75) is 37.5 Å². The van der Waals surface area contributed by atoms with Crippen LogP contribution in [0.3, 0.4) is 0 Å². The molecule has 0 atom stereocenters. The number of piperidine rings is 1. The summed E-state index contributed by atoms with van der Waals surface area (Å²) in [6.45, 7) is 3.02. The maximum Gasteiger partial charge on any atom is 0.414 e. The highest BCUT2D eigenvalue weighted by Crippen LogP contribution is 2.25. The van der Waals surface area contributed by atoms with Gasteiger partial charge in [-0.2, -0.15) is 4.31 Å². The van der Waals surface area contributed by atoms with E-state index in [2.05, 4.69) is 10.6 Å². The Morgan fingerprint density at radius 2 is 1.72 bits per heavy atom. The van der Waals surface area contributed by atoms with E-state index in [1.54, 1.807) is 5.38 Å². The molecule has 2 heterocycles. The highest BCUT2D eigenvalue weighted by atomic mass is 32.2. The number of carbonyl (C=O) groups excluding carboxylic acids is 3. The van der Waals surface area contributed by atoms with Crippen LogP contribution in [-0.2, 0) is 14.8 Å². The number of alkyl carbamates (subject to hydrolysis) is 1. The third-order valence-corrected chi connectivity index (χ3v) is 7.60. The van der Waals surface area contributed by atoms with E-state index in [0.717, 1.165) is 30.6 Å². The van der Waals surface area contributed by atoms with Crippen molar-refractivity contribution < 1.29 is 27.5 Å². The van der Waals surface area contributed by atoms with Crippen LogP contribution in [0.15, 0.2) is 40.6 Å². The van der Waals surface area contributed by atoms with Crippen LogP contribution < -0.4 is 10.6 Å². The van der Waals surface area contributed by atoms with E-state index >= 15 is 0 Å². The van der Waals surface area contributed by atoms with Crippen molar-refractivity contribution in [1.82, 2.24) is 9.62 Å². The van der Waals surface area contributed by atoms with E-state index < -0.39 is 27.9 Å². The third-order valence-electron chi connectivity index (χ3n) is 4.86. The van der Waals surface area contributed by atoms with Crippen molar-refractivity contribution in [3.63, 3.8) is 0 Å². The number of ether oxygens (including phenoxy) is 1. The molecule has 9 nitrogen and oxygen atoms in total. The Bertz CT molecular complexity index is 1070. The second kappa shape index (κ2) is 10.7. The normalized spacial score (nSPS) is 14.5. The smallest absolute Gasteiger partial charge is 0.414 e. The Labute approximate surface area is 190 Å². The lowest BCUT2D eigenvalue weighted by molar-refractivity contribution is 0.0921. The van der Waals surface area contributed by atoms with Gasteiger partial charge in [0.1, 0.15) is 5.00 Å². The lowest BCUT2D eigenvalue weighted by Crippen LogP contribution is -2.35. The summed E-state index contributed by atoms with van der Waals surface area (Å²) < 4.78 is 31.8. The molecular formula is C21H25N3O6S2. The molecule has 3 amide bonds. The first-order valence-electron chi connectivity index (χ1n) is 10.3. The van der Waals surface area contributed by atoms with Gasteiger partial charge in [-0.15, -0.1) is 11.3 Å². The zero-order chi connectivity index (χ0) is 23.1. The minimum atomic E-state index is -3.58. The monoisotopic (exact) mass is 479 g/mol. The van der Waals surface area contributed by atoms with Gasteiger partial charge < -0.3 is 10.1 Å². The van der Waals surface area contributed by atoms with Crippen LogP contribution in [0.25, 0.3) is 0 Å². The largest absolute Gasteiger partial charge is 0.449 e. The molecule has 1 aliphatic heterocycles. The number of carbonyl (C=O) groups is 3. The fourth-order valence-electron chi connectivity index (χ4n) is 3.18. The Hall–Kier alpha value is -2.76. The number of nitrogens with one attached hydrogen (secondary N) is 2. The fourth-order valence-corrected chi connectivity index (χ4v) is 5.48. The zero-order valence-electron chi connectivity index (χ0n) is 17.6. The Morgan fingerprint density at radius 3 is 2.38 bits per heavy atom. The molecule has 0 spiro atoms. The standard InChI is InChI=1S/C21H25N3O6S2/c1-2-13-30-21(27)23-19(26)17-10-14-31-20(17)22-18(25)15-6-8-16(9-7-15)32(28,29)24-11-4-3-5-12-24/h6-10,14H,2-5,11-13H2,1H3,(H,22,25)(H,23,26,27). The molecule has 2 N–H and O–H groups in total. The number of anilines is 1. The van der Waals surface area contributed by atoms with E-state index in [1.165, 1.54) is 34.6 Å². The molecule has 0 radical (unpaired) electrons. The van der Waals surface area contributed by atoms with Crippen LogP contribution in [0.1, 0.15) is 53.3 Å². The molecule has 1 aliphatic rings. The van der Waals surface area contributed by atoms with Gasteiger partial charge >= 0.3 is 6.09 Å². The summed E-state index contributed by atoms with van der Waals surface area (Å²) in [5.41, 5.74) is 0.366. The quantitative estimate of drug-likeness (QED) is 0.627. The molecule has 32 heavy (non-hydrogen) atoms. The highest BCUT2D eigenvalue weighted by molar-refractivity contribution is 7.89. The zero-order valence-corrected chi connectivity index (χ0v) is 19.3. The molecule has 0 aliphatic carbocycles. The molecule has 2 aromatic rings.